The minimum atomic E-state index is 0.195. The summed E-state index contributed by atoms with van der Waals surface area (Å²) in [6.45, 7) is 10.8. The van der Waals surface area contributed by atoms with Gasteiger partial charge >= 0.3 is 0 Å². The van der Waals surface area contributed by atoms with Gasteiger partial charge in [0.15, 0.2) is 11.5 Å². The molecule has 4 nitrogen and oxygen atoms in total. The first-order valence-electron chi connectivity index (χ1n) is 11.0. The van der Waals surface area contributed by atoms with Gasteiger partial charge in [-0.05, 0) is 97.9 Å². The lowest BCUT2D eigenvalue weighted by Crippen LogP contribution is -2.00. The van der Waals surface area contributed by atoms with Gasteiger partial charge in [0.25, 0.3) is 0 Å². The van der Waals surface area contributed by atoms with E-state index in [0.29, 0.717) is 5.52 Å². The first-order valence-corrected chi connectivity index (χ1v) is 11.0. The number of fused-ring (bicyclic) bond motifs is 1. The van der Waals surface area contributed by atoms with Crippen LogP contribution in [0.2, 0.25) is 0 Å². The summed E-state index contributed by atoms with van der Waals surface area (Å²) in [5.74, 6) is 1.68. The van der Waals surface area contributed by atoms with Crippen molar-refractivity contribution in [2.75, 3.05) is 14.2 Å². The standard InChI is InChI=1S/C28H33NO3/c1-8-10-20-15-25(31-6)26(32-7)16-23(20)18(4)19(5)27(17(2)3)21-12-13-24(30)28-22(21)11-9-14-29-28/h9,11-16,30H,8,10H2,1-7H3/b19-18+. The fourth-order valence-electron chi connectivity index (χ4n) is 4.36. The molecule has 3 rings (SSSR count). The maximum atomic E-state index is 10.3. The topological polar surface area (TPSA) is 51.6 Å². The van der Waals surface area contributed by atoms with Crippen LogP contribution in [0, 0.1) is 0 Å². The summed E-state index contributed by atoms with van der Waals surface area (Å²) in [6, 6.07) is 11.8. The SMILES string of the molecule is CCCc1cc(OC)c(OC)cc1/C(C)=C(\C)C(=C(C)C)c1ccc(O)c2ncccc12. The molecule has 1 N–H and O–H groups in total. The van der Waals surface area contributed by atoms with Gasteiger partial charge in [0.05, 0.1) is 14.2 Å². The molecule has 0 fully saturated rings. The number of phenols is 1. The summed E-state index contributed by atoms with van der Waals surface area (Å²) in [6.07, 6.45) is 3.71. The number of rotatable bonds is 7. The molecule has 0 radical (unpaired) electrons. The zero-order chi connectivity index (χ0) is 23.4. The van der Waals surface area contributed by atoms with Gasteiger partial charge in [-0.25, -0.2) is 0 Å². The Bertz CT molecular complexity index is 1200. The highest BCUT2D eigenvalue weighted by Gasteiger charge is 2.18. The Balaban J connectivity index is 2.28. The van der Waals surface area contributed by atoms with E-state index in [1.54, 1.807) is 26.5 Å². The second-order valence-electron chi connectivity index (χ2n) is 8.27. The Hall–Kier alpha value is -3.27. The fourth-order valence-corrected chi connectivity index (χ4v) is 4.36. The molecule has 32 heavy (non-hydrogen) atoms. The largest absolute Gasteiger partial charge is 0.506 e. The number of phenolic OH excluding ortho intramolecular Hbond substituents is 1. The third kappa shape index (κ3) is 4.36. The molecule has 0 bridgehead atoms. The van der Waals surface area contributed by atoms with Gasteiger partial charge in [-0.3, -0.25) is 4.98 Å². The second kappa shape index (κ2) is 9.90. The van der Waals surface area contributed by atoms with Crippen molar-refractivity contribution in [3.63, 3.8) is 0 Å². The van der Waals surface area contributed by atoms with E-state index < -0.39 is 0 Å². The summed E-state index contributed by atoms with van der Waals surface area (Å²) < 4.78 is 11.2. The van der Waals surface area contributed by atoms with Crippen LogP contribution in [0.1, 0.15) is 57.7 Å². The average Bonchev–Trinajstić information content (AvgIpc) is 2.80. The van der Waals surface area contributed by atoms with Gasteiger partial charge in [0, 0.05) is 11.6 Å². The summed E-state index contributed by atoms with van der Waals surface area (Å²) in [7, 11) is 3.34. The molecule has 0 amide bonds. The molecule has 0 saturated carbocycles. The van der Waals surface area contributed by atoms with Crippen LogP contribution in [0.15, 0.2) is 53.7 Å². The fraction of sp³-hybridized carbons (Fsp3) is 0.321. The summed E-state index contributed by atoms with van der Waals surface area (Å²) in [5, 5.41) is 11.3. The molecule has 2 aromatic carbocycles. The molecule has 0 aliphatic heterocycles. The number of hydrogen-bond donors (Lipinski definition) is 1. The zero-order valence-corrected chi connectivity index (χ0v) is 20.2. The van der Waals surface area contributed by atoms with E-state index >= 15 is 0 Å². The van der Waals surface area contributed by atoms with Crippen molar-refractivity contribution < 1.29 is 14.6 Å². The van der Waals surface area contributed by atoms with Gasteiger partial charge in [-0.1, -0.05) is 25.0 Å². The molecule has 3 aromatic rings. The van der Waals surface area contributed by atoms with Crippen LogP contribution in [-0.2, 0) is 6.42 Å². The van der Waals surface area contributed by atoms with E-state index in [1.807, 2.05) is 18.2 Å². The van der Waals surface area contributed by atoms with E-state index in [1.165, 1.54) is 27.8 Å². The predicted molar refractivity (Wildman–Crippen MR) is 133 cm³/mol. The third-order valence-corrected chi connectivity index (χ3v) is 5.99. The normalized spacial score (nSPS) is 11.8. The highest BCUT2D eigenvalue weighted by Crippen LogP contribution is 2.40. The van der Waals surface area contributed by atoms with Gasteiger partial charge in [0.2, 0.25) is 0 Å². The van der Waals surface area contributed by atoms with Crippen LogP contribution >= 0.6 is 0 Å². The highest BCUT2D eigenvalue weighted by atomic mass is 16.5. The number of methoxy groups -OCH3 is 2. The lowest BCUT2D eigenvalue weighted by Gasteiger charge is -2.20. The molecule has 0 aliphatic carbocycles. The van der Waals surface area contributed by atoms with Gasteiger partial charge in [0.1, 0.15) is 11.3 Å². The Morgan fingerprint density at radius 1 is 0.938 bits per heavy atom. The van der Waals surface area contributed by atoms with Gasteiger partial charge in [-0.15, -0.1) is 0 Å². The molecule has 0 saturated heterocycles. The van der Waals surface area contributed by atoms with E-state index in [9.17, 15) is 5.11 Å². The summed E-state index contributed by atoms with van der Waals surface area (Å²) >= 11 is 0. The average molecular weight is 432 g/mol. The highest BCUT2D eigenvalue weighted by molar-refractivity contribution is 6.01. The molecule has 1 heterocycles. The first-order chi connectivity index (χ1) is 15.3. The molecule has 1 aromatic heterocycles. The molecular weight excluding hydrogens is 398 g/mol. The Labute approximate surface area is 191 Å². The van der Waals surface area contributed by atoms with Crippen molar-refractivity contribution in [3.8, 4) is 17.2 Å². The van der Waals surface area contributed by atoms with E-state index in [-0.39, 0.29) is 5.75 Å². The molecular formula is C28H33NO3. The van der Waals surface area contributed by atoms with Gasteiger partial charge in [-0.2, -0.15) is 0 Å². The number of allylic oxidation sites excluding steroid dienone is 4. The maximum absolute atomic E-state index is 10.3. The number of aryl methyl sites for hydroxylation is 1. The number of benzene rings is 2. The number of aromatic hydroxyl groups is 1. The van der Waals surface area contributed by atoms with Crippen LogP contribution in [-0.4, -0.2) is 24.3 Å². The Morgan fingerprint density at radius 3 is 2.25 bits per heavy atom. The van der Waals surface area contributed by atoms with Crippen LogP contribution in [0.4, 0.5) is 0 Å². The maximum Gasteiger partial charge on any atom is 0.161 e. The van der Waals surface area contributed by atoms with Crippen molar-refractivity contribution >= 4 is 22.0 Å². The van der Waals surface area contributed by atoms with E-state index in [4.69, 9.17) is 9.47 Å². The molecule has 0 spiro atoms. The van der Waals surface area contributed by atoms with Crippen molar-refractivity contribution in [3.05, 3.63) is 70.4 Å². The Kier molecular flexibility index (Phi) is 7.24. The second-order valence-corrected chi connectivity index (χ2v) is 8.27. The minimum absolute atomic E-state index is 0.195. The number of hydrogen-bond acceptors (Lipinski definition) is 4. The lowest BCUT2D eigenvalue weighted by atomic mass is 9.86. The minimum Gasteiger partial charge on any atom is -0.506 e. The summed E-state index contributed by atoms with van der Waals surface area (Å²) in [5.41, 5.74) is 8.84. The third-order valence-electron chi connectivity index (χ3n) is 5.99. The zero-order valence-electron chi connectivity index (χ0n) is 20.2. The van der Waals surface area contributed by atoms with Crippen LogP contribution in [0.5, 0.6) is 17.2 Å². The first kappa shape index (κ1) is 23.4. The van der Waals surface area contributed by atoms with Crippen LogP contribution in [0.3, 0.4) is 0 Å². The summed E-state index contributed by atoms with van der Waals surface area (Å²) in [4.78, 5) is 4.41. The monoisotopic (exact) mass is 431 g/mol. The molecule has 0 aliphatic rings. The van der Waals surface area contributed by atoms with Gasteiger partial charge < -0.3 is 14.6 Å². The molecule has 4 heteroatoms. The van der Waals surface area contributed by atoms with Crippen LogP contribution in [0.25, 0.3) is 22.0 Å². The molecule has 0 atom stereocenters. The number of pyridine rings is 1. The number of aromatic nitrogens is 1. The van der Waals surface area contributed by atoms with Crippen molar-refractivity contribution in [1.82, 2.24) is 4.98 Å². The van der Waals surface area contributed by atoms with Crippen molar-refractivity contribution in [1.29, 1.82) is 0 Å². The van der Waals surface area contributed by atoms with Crippen molar-refractivity contribution in [2.24, 2.45) is 0 Å². The smallest absolute Gasteiger partial charge is 0.161 e. The quantitative estimate of drug-likeness (QED) is 0.402. The van der Waals surface area contributed by atoms with E-state index in [2.05, 4.69) is 51.7 Å². The molecule has 0 unspecified atom stereocenters. The lowest BCUT2D eigenvalue weighted by molar-refractivity contribution is 0.354. The number of nitrogens with zero attached hydrogens (tertiary/aromatic N) is 1. The van der Waals surface area contributed by atoms with Crippen LogP contribution < -0.4 is 9.47 Å². The number of ether oxygens (including phenoxy) is 2. The predicted octanol–water partition coefficient (Wildman–Crippen LogP) is 7.20. The van der Waals surface area contributed by atoms with E-state index in [0.717, 1.165) is 40.9 Å². The molecule has 168 valence electrons. The van der Waals surface area contributed by atoms with Crippen molar-refractivity contribution in [2.45, 2.75) is 47.5 Å². The Morgan fingerprint density at radius 2 is 1.62 bits per heavy atom.